The zero-order valence-corrected chi connectivity index (χ0v) is 22.6. The van der Waals surface area contributed by atoms with Crippen molar-refractivity contribution in [1.29, 1.82) is 0 Å². The molecule has 0 aromatic heterocycles. The molecule has 196 valence electrons. The molecule has 33 heavy (non-hydrogen) atoms. The summed E-state index contributed by atoms with van der Waals surface area (Å²) in [5.41, 5.74) is 0. The second-order valence-corrected chi connectivity index (χ2v) is 10.1. The Morgan fingerprint density at radius 1 is 0.576 bits per heavy atom. The number of carbonyl (C=O) groups is 2. The third kappa shape index (κ3) is 22.5. The van der Waals surface area contributed by atoms with Crippen molar-refractivity contribution in [2.75, 3.05) is 13.2 Å². The second-order valence-electron chi connectivity index (χ2n) is 10.1. The first-order valence-electron chi connectivity index (χ1n) is 14.3. The van der Waals surface area contributed by atoms with Gasteiger partial charge >= 0.3 is 11.9 Å². The molecule has 0 bridgehead atoms. The van der Waals surface area contributed by atoms with Gasteiger partial charge in [0, 0.05) is 12.8 Å². The van der Waals surface area contributed by atoms with E-state index in [4.69, 9.17) is 9.47 Å². The van der Waals surface area contributed by atoms with E-state index in [0.29, 0.717) is 37.9 Å². The fourth-order valence-corrected chi connectivity index (χ4v) is 4.18. The van der Waals surface area contributed by atoms with Crippen molar-refractivity contribution in [3.63, 3.8) is 0 Å². The van der Waals surface area contributed by atoms with Gasteiger partial charge < -0.3 is 9.47 Å². The Balaban J connectivity index is 3.59. The van der Waals surface area contributed by atoms with Gasteiger partial charge in [0.25, 0.3) is 0 Å². The molecule has 0 aromatic rings. The number of unbranched alkanes of at least 4 members (excludes halogenated alkanes) is 13. The lowest BCUT2D eigenvalue weighted by molar-refractivity contribution is -0.145. The summed E-state index contributed by atoms with van der Waals surface area (Å²) in [5.74, 6) is 0.942. The highest BCUT2D eigenvalue weighted by Crippen LogP contribution is 2.23. The van der Waals surface area contributed by atoms with E-state index in [0.717, 1.165) is 44.9 Å². The predicted molar refractivity (Wildman–Crippen MR) is 139 cm³/mol. The van der Waals surface area contributed by atoms with E-state index in [9.17, 15) is 9.59 Å². The first kappa shape index (κ1) is 31.9. The molecule has 4 nitrogen and oxygen atoms in total. The summed E-state index contributed by atoms with van der Waals surface area (Å²) < 4.78 is 10.7. The maximum atomic E-state index is 12.1. The molecule has 4 heteroatoms. The van der Waals surface area contributed by atoms with Crippen molar-refractivity contribution >= 4 is 11.9 Å². The van der Waals surface area contributed by atoms with Crippen molar-refractivity contribution < 1.29 is 19.1 Å². The number of carbonyl (C=O) groups excluding carboxylic acids is 2. The Morgan fingerprint density at radius 3 is 1.55 bits per heavy atom. The number of esters is 2. The van der Waals surface area contributed by atoms with Gasteiger partial charge in [-0.05, 0) is 37.5 Å². The smallest absolute Gasteiger partial charge is 0.306 e. The van der Waals surface area contributed by atoms with Gasteiger partial charge in [-0.3, -0.25) is 9.59 Å². The van der Waals surface area contributed by atoms with Crippen molar-refractivity contribution in [1.82, 2.24) is 0 Å². The number of rotatable bonds is 24. The molecule has 0 N–H and O–H groups in total. The Kier molecular flexibility index (Phi) is 23.3. The molecule has 0 saturated heterocycles. The standard InChI is InChI=1S/C29H56O4/c1-5-7-9-19-23-32-28(30)22-18-16-14-12-11-13-15-17-21-27(26(3)4)25-29(31)33-24-20-10-8-6-2/h26-27H,5-25H2,1-4H3. The monoisotopic (exact) mass is 468 g/mol. The van der Waals surface area contributed by atoms with Crippen molar-refractivity contribution in [3.05, 3.63) is 0 Å². The van der Waals surface area contributed by atoms with Gasteiger partial charge in [-0.2, -0.15) is 0 Å². The molecule has 0 radical (unpaired) electrons. The van der Waals surface area contributed by atoms with Crippen LogP contribution in [0.3, 0.4) is 0 Å². The molecule has 1 atom stereocenters. The highest BCUT2D eigenvalue weighted by molar-refractivity contribution is 5.69. The molecule has 0 rings (SSSR count). The Labute approximate surface area is 206 Å². The van der Waals surface area contributed by atoms with Gasteiger partial charge in [-0.15, -0.1) is 0 Å². The fourth-order valence-electron chi connectivity index (χ4n) is 4.18. The Bertz CT molecular complexity index is 447. The fraction of sp³-hybridized carbons (Fsp3) is 0.931. The summed E-state index contributed by atoms with van der Waals surface area (Å²) in [5, 5.41) is 0. The van der Waals surface area contributed by atoms with Crippen molar-refractivity contribution in [3.8, 4) is 0 Å². The minimum absolute atomic E-state index is 0.00873. The van der Waals surface area contributed by atoms with Crippen LogP contribution in [0.1, 0.15) is 150 Å². The van der Waals surface area contributed by atoms with Gasteiger partial charge in [0.15, 0.2) is 0 Å². The van der Waals surface area contributed by atoms with Crippen LogP contribution in [0, 0.1) is 11.8 Å². The number of hydrogen-bond donors (Lipinski definition) is 0. The molecular formula is C29H56O4. The minimum Gasteiger partial charge on any atom is -0.466 e. The third-order valence-corrected chi connectivity index (χ3v) is 6.60. The van der Waals surface area contributed by atoms with Crippen molar-refractivity contribution in [2.45, 2.75) is 150 Å². The van der Waals surface area contributed by atoms with E-state index < -0.39 is 0 Å². The molecule has 1 unspecified atom stereocenters. The van der Waals surface area contributed by atoms with E-state index in [-0.39, 0.29) is 11.9 Å². The van der Waals surface area contributed by atoms with Crippen molar-refractivity contribution in [2.24, 2.45) is 11.8 Å². The molecule has 0 fully saturated rings. The second kappa shape index (κ2) is 24.1. The number of ether oxygens (including phenoxy) is 2. The van der Waals surface area contributed by atoms with Gasteiger partial charge in [-0.1, -0.05) is 111 Å². The van der Waals surface area contributed by atoms with Crippen LogP contribution < -0.4 is 0 Å². The van der Waals surface area contributed by atoms with Gasteiger partial charge in [0.2, 0.25) is 0 Å². The highest BCUT2D eigenvalue weighted by atomic mass is 16.5. The minimum atomic E-state index is -0.0217. The summed E-state index contributed by atoms with van der Waals surface area (Å²) in [6, 6.07) is 0. The van der Waals surface area contributed by atoms with E-state index in [1.54, 1.807) is 0 Å². The molecule has 0 amide bonds. The average Bonchev–Trinajstić information content (AvgIpc) is 2.79. The summed E-state index contributed by atoms with van der Waals surface area (Å²) in [6.07, 6.45) is 21.0. The van der Waals surface area contributed by atoms with Crippen LogP contribution in [-0.4, -0.2) is 25.2 Å². The van der Waals surface area contributed by atoms with E-state index in [1.165, 1.54) is 64.2 Å². The molecular weight excluding hydrogens is 412 g/mol. The maximum absolute atomic E-state index is 12.1. The SMILES string of the molecule is CCCCCCOC(=O)CCCCCCCCCCC(CC(=O)OCCCCCC)C(C)C. The third-order valence-electron chi connectivity index (χ3n) is 6.60. The first-order valence-corrected chi connectivity index (χ1v) is 14.3. The first-order chi connectivity index (χ1) is 16.0. The van der Waals surface area contributed by atoms with E-state index in [1.807, 2.05) is 0 Å². The van der Waals surface area contributed by atoms with E-state index >= 15 is 0 Å². The summed E-state index contributed by atoms with van der Waals surface area (Å²) >= 11 is 0. The summed E-state index contributed by atoms with van der Waals surface area (Å²) in [6.45, 7) is 10.0. The summed E-state index contributed by atoms with van der Waals surface area (Å²) in [4.78, 5) is 23.8. The average molecular weight is 469 g/mol. The normalized spacial score (nSPS) is 12.2. The van der Waals surface area contributed by atoms with Gasteiger partial charge in [-0.25, -0.2) is 0 Å². The van der Waals surface area contributed by atoms with Crippen LogP contribution in [0.4, 0.5) is 0 Å². The zero-order valence-electron chi connectivity index (χ0n) is 22.6. The van der Waals surface area contributed by atoms with E-state index in [2.05, 4.69) is 27.7 Å². The highest BCUT2D eigenvalue weighted by Gasteiger charge is 2.18. The topological polar surface area (TPSA) is 52.6 Å². The quantitative estimate of drug-likeness (QED) is 0.105. The lowest BCUT2D eigenvalue weighted by Crippen LogP contribution is -2.17. The lowest BCUT2D eigenvalue weighted by atomic mass is 9.87. The Hall–Kier alpha value is -1.06. The van der Waals surface area contributed by atoms with Crippen LogP contribution in [0.5, 0.6) is 0 Å². The van der Waals surface area contributed by atoms with Crippen LogP contribution in [0.15, 0.2) is 0 Å². The Morgan fingerprint density at radius 2 is 1.03 bits per heavy atom. The maximum Gasteiger partial charge on any atom is 0.306 e. The zero-order chi connectivity index (χ0) is 24.6. The lowest BCUT2D eigenvalue weighted by Gasteiger charge is -2.20. The van der Waals surface area contributed by atoms with Crippen LogP contribution >= 0.6 is 0 Å². The van der Waals surface area contributed by atoms with Crippen LogP contribution in [0.25, 0.3) is 0 Å². The molecule has 0 aliphatic heterocycles. The molecule has 0 aliphatic carbocycles. The molecule has 0 spiro atoms. The van der Waals surface area contributed by atoms with Gasteiger partial charge in [0.05, 0.1) is 13.2 Å². The van der Waals surface area contributed by atoms with Crippen LogP contribution in [-0.2, 0) is 19.1 Å². The largest absolute Gasteiger partial charge is 0.466 e. The summed E-state index contributed by atoms with van der Waals surface area (Å²) in [7, 11) is 0. The molecule has 0 aliphatic rings. The molecule has 0 heterocycles. The molecule has 0 aromatic carbocycles. The predicted octanol–water partition coefficient (Wildman–Crippen LogP) is 8.80. The van der Waals surface area contributed by atoms with Crippen LogP contribution in [0.2, 0.25) is 0 Å². The molecule has 0 saturated carbocycles. The number of hydrogen-bond acceptors (Lipinski definition) is 4. The van der Waals surface area contributed by atoms with Gasteiger partial charge in [0.1, 0.15) is 0 Å².